The summed E-state index contributed by atoms with van der Waals surface area (Å²) in [5, 5.41) is 0. The van der Waals surface area contributed by atoms with Gasteiger partial charge in [0.25, 0.3) is 0 Å². The van der Waals surface area contributed by atoms with Gasteiger partial charge in [-0.05, 0) is 66.2 Å². The maximum Gasteiger partial charge on any atom is 0.481 e. The third-order valence-corrected chi connectivity index (χ3v) is 6.26. The minimum absolute atomic E-state index is 0.283. The zero-order chi connectivity index (χ0) is 23.2. The molecule has 0 heterocycles. The van der Waals surface area contributed by atoms with Crippen LogP contribution in [0.25, 0.3) is 0 Å². The Morgan fingerprint density at radius 1 is 0.833 bits per heavy atom. The zero-order valence-corrected chi connectivity index (χ0v) is 20.2. The molecule has 0 aromatic heterocycles. The van der Waals surface area contributed by atoms with Crippen molar-refractivity contribution in [1.29, 1.82) is 0 Å². The number of rotatable bonds is 15. The first-order valence-electron chi connectivity index (χ1n) is 9.85. The molecule has 0 aliphatic rings. The molecule has 0 aliphatic heterocycles. The average Bonchev–Trinajstić information content (AvgIpc) is 2.57. The van der Waals surface area contributed by atoms with Crippen LogP contribution in [0, 0.1) is 0 Å². The highest BCUT2D eigenvalue weighted by Gasteiger charge is 2.31. The van der Waals surface area contributed by atoms with E-state index in [0.717, 1.165) is 37.7 Å². The van der Waals surface area contributed by atoms with Gasteiger partial charge in [-0.25, -0.2) is 9.13 Å². The van der Waals surface area contributed by atoms with Gasteiger partial charge in [-0.15, -0.1) is 0 Å². The van der Waals surface area contributed by atoms with Gasteiger partial charge in [0.05, 0.1) is 6.61 Å². The molecule has 3 N–H and O–H groups in total. The predicted molar refractivity (Wildman–Crippen MR) is 122 cm³/mol. The molecule has 172 valence electrons. The molecule has 0 aromatic rings. The minimum atomic E-state index is -5.09. The number of hydrogen-bond donors (Lipinski definition) is 3. The smallest absolute Gasteiger partial charge is 0.302 e. The summed E-state index contributed by atoms with van der Waals surface area (Å²) >= 11 is 0. The Morgan fingerprint density at radius 3 is 1.90 bits per heavy atom. The Balaban J connectivity index is 4.38. The lowest BCUT2D eigenvalue weighted by atomic mass is 10.0. The van der Waals surface area contributed by atoms with E-state index in [1.165, 1.54) is 16.7 Å². The molecular weight excluding hydrogens is 426 g/mol. The summed E-state index contributed by atoms with van der Waals surface area (Å²) in [6.45, 7) is 11.8. The predicted octanol–water partition coefficient (Wildman–Crippen LogP) is 6.52. The van der Waals surface area contributed by atoms with E-state index in [1.54, 1.807) is 6.08 Å². The van der Waals surface area contributed by atoms with Crippen LogP contribution in [-0.2, 0) is 18.0 Å². The summed E-state index contributed by atoms with van der Waals surface area (Å²) in [4.78, 5) is 26.3. The molecular formula is C21H36O7P2. The van der Waals surface area contributed by atoms with Crippen molar-refractivity contribution in [2.24, 2.45) is 0 Å². The van der Waals surface area contributed by atoms with Gasteiger partial charge >= 0.3 is 15.6 Å². The lowest BCUT2D eigenvalue weighted by Gasteiger charge is -2.11. The van der Waals surface area contributed by atoms with Gasteiger partial charge in [0.15, 0.2) is 0 Å². The topological polar surface area (TPSA) is 113 Å². The SMILES string of the molecule is C=C/C(=C\CC/C(C)=C/COP(=O)(O)OP(=O)(O)O)CC/C=C(\C)CCC=C(C)C. The van der Waals surface area contributed by atoms with E-state index in [2.05, 4.69) is 54.4 Å². The fourth-order valence-electron chi connectivity index (χ4n) is 2.48. The Labute approximate surface area is 180 Å². The Morgan fingerprint density at radius 2 is 1.37 bits per heavy atom. The van der Waals surface area contributed by atoms with Crippen LogP contribution < -0.4 is 0 Å². The standard InChI is InChI=1S/C21H36O7P2/c1-6-21(14-8-12-19(4)11-7-10-18(2)3)15-9-13-20(5)16-17-27-30(25,26)28-29(22,23)24/h6,10,12,15-16H,1,7-9,11,13-14,17H2,2-5H3,(H,25,26)(H2,22,23,24)/b19-12+,20-16+,21-15+. The van der Waals surface area contributed by atoms with Crippen LogP contribution in [0.3, 0.4) is 0 Å². The van der Waals surface area contributed by atoms with Gasteiger partial charge < -0.3 is 14.7 Å². The Hall–Kier alpha value is -1.04. The first-order chi connectivity index (χ1) is 13.8. The van der Waals surface area contributed by atoms with Crippen molar-refractivity contribution in [3.8, 4) is 0 Å². The van der Waals surface area contributed by atoms with E-state index in [4.69, 9.17) is 9.79 Å². The molecule has 0 saturated carbocycles. The first kappa shape index (κ1) is 29.0. The second-order valence-corrected chi connectivity index (χ2v) is 10.1. The molecule has 0 bridgehead atoms. The molecule has 0 aliphatic carbocycles. The fraction of sp³-hybridized carbons (Fsp3) is 0.524. The van der Waals surface area contributed by atoms with Crippen molar-refractivity contribution in [3.05, 3.63) is 59.3 Å². The molecule has 7 nitrogen and oxygen atoms in total. The van der Waals surface area contributed by atoms with E-state index in [1.807, 2.05) is 13.0 Å². The third kappa shape index (κ3) is 17.8. The highest BCUT2D eigenvalue weighted by atomic mass is 31.3. The summed E-state index contributed by atoms with van der Waals surface area (Å²) in [5.74, 6) is 0. The van der Waals surface area contributed by atoms with Gasteiger partial charge in [0, 0.05) is 0 Å². The van der Waals surface area contributed by atoms with Crippen molar-refractivity contribution in [2.45, 2.75) is 66.2 Å². The third-order valence-electron chi connectivity index (χ3n) is 4.10. The van der Waals surface area contributed by atoms with Crippen LogP contribution in [-0.4, -0.2) is 21.3 Å². The zero-order valence-electron chi connectivity index (χ0n) is 18.4. The second-order valence-electron chi connectivity index (χ2n) is 7.32. The molecule has 0 radical (unpaired) electrons. The molecule has 0 aromatic carbocycles. The summed E-state index contributed by atoms with van der Waals surface area (Å²) in [5.41, 5.74) is 4.82. The summed E-state index contributed by atoms with van der Waals surface area (Å²) < 4.78 is 30.2. The molecule has 0 spiro atoms. The van der Waals surface area contributed by atoms with E-state index in [-0.39, 0.29) is 6.61 Å². The number of phosphoric ester groups is 1. The van der Waals surface area contributed by atoms with E-state index in [0.29, 0.717) is 6.42 Å². The average molecular weight is 462 g/mol. The maximum absolute atomic E-state index is 11.4. The number of hydrogen-bond acceptors (Lipinski definition) is 4. The summed E-state index contributed by atoms with van der Waals surface area (Å²) in [7, 11) is -9.88. The van der Waals surface area contributed by atoms with E-state index in [9.17, 15) is 14.0 Å². The van der Waals surface area contributed by atoms with Crippen LogP contribution in [0.4, 0.5) is 0 Å². The monoisotopic (exact) mass is 462 g/mol. The molecule has 0 fully saturated rings. The van der Waals surface area contributed by atoms with Gasteiger partial charge in [-0.3, -0.25) is 4.52 Å². The highest BCUT2D eigenvalue weighted by Crippen LogP contribution is 2.57. The van der Waals surface area contributed by atoms with Gasteiger partial charge in [0.2, 0.25) is 0 Å². The van der Waals surface area contributed by atoms with E-state index < -0.39 is 15.6 Å². The lowest BCUT2D eigenvalue weighted by Crippen LogP contribution is -1.94. The quantitative estimate of drug-likeness (QED) is 0.144. The largest absolute Gasteiger partial charge is 0.481 e. The molecule has 0 saturated heterocycles. The van der Waals surface area contributed by atoms with Crippen LogP contribution in [0.15, 0.2) is 59.3 Å². The van der Waals surface area contributed by atoms with Crippen LogP contribution in [0.1, 0.15) is 66.2 Å². The number of allylic oxidation sites excluding steroid dienone is 8. The summed E-state index contributed by atoms with van der Waals surface area (Å²) in [6, 6.07) is 0. The van der Waals surface area contributed by atoms with Crippen molar-refractivity contribution in [1.82, 2.24) is 0 Å². The molecule has 0 rings (SSSR count). The second kappa shape index (κ2) is 14.9. The minimum Gasteiger partial charge on any atom is -0.302 e. The van der Waals surface area contributed by atoms with Gasteiger partial charge in [-0.1, -0.05) is 59.3 Å². The van der Waals surface area contributed by atoms with Gasteiger partial charge in [0.1, 0.15) is 0 Å². The van der Waals surface area contributed by atoms with Crippen molar-refractivity contribution >= 4 is 15.6 Å². The normalized spacial score (nSPS) is 15.6. The molecule has 1 atom stereocenters. The lowest BCUT2D eigenvalue weighted by molar-refractivity contribution is 0.191. The van der Waals surface area contributed by atoms with Crippen molar-refractivity contribution in [3.63, 3.8) is 0 Å². The molecule has 9 heteroatoms. The molecule has 30 heavy (non-hydrogen) atoms. The molecule has 0 amide bonds. The fourth-order valence-corrected chi connectivity index (χ4v) is 4.01. The maximum atomic E-state index is 11.4. The molecule has 1 unspecified atom stereocenters. The van der Waals surface area contributed by atoms with Crippen molar-refractivity contribution in [2.75, 3.05) is 6.61 Å². The first-order valence-corrected chi connectivity index (χ1v) is 12.9. The Bertz CT molecular complexity index is 753. The van der Waals surface area contributed by atoms with Gasteiger partial charge in [-0.2, -0.15) is 4.31 Å². The van der Waals surface area contributed by atoms with Crippen molar-refractivity contribution < 1.29 is 32.6 Å². The van der Waals surface area contributed by atoms with E-state index >= 15 is 0 Å². The summed E-state index contributed by atoms with van der Waals surface area (Å²) in [6.07, 6.45) is 15.6. The van der Waals surface area contributed by atoms with Crippen LogP contribution in [0.2, 0.25) is 0 Å². The Kier molecular flexibility index (Phi) is 14.4. The number of phosphoric acid groups is 2. The van der Waals surface area contributed by atoms with Crippen LogP contribution in [0.5, 0.6) is 0 Å². The highest BCUT2D eigenvalue weighted by molar-refractivity contribution is 7.60. The van der Waals surface area contributed by atoms with Crippen LogP contribution >= 0.6 is 15.6 Å².